The second-order valence-corrected chi connectivity index (χ2v) is 5.77. The van der Waals surface area contributed by atoms with Crippen LogP contribution in [0.1, 0.15) is 52.9 Å². The van der Waals surface area contributed by atoms with Gasteiger partial charge in [0.05, 0.1) is 12.6 Å². The molecule has 0 aliphatic carbocycles. The van der Waals surface area contributed by atoms with Crippen LogP contribution in [0, 0.1) is 5.41 Å². The van der Waals surface area contributed by atoms with Gasteiger partial charge < -0.3 is 15.3 Å². The highest BCUT2D eigenvalue weighted by Gasteiger charge is 2.34. The summed E-state index contributed by atoms with van der Waals surface area (Å²) in [5.74, 6) is 0.222. The Kier molecular flexibility index (Phi) is 6.80. The minimum Gasteiger partial charge on any atom is -0.396 e. The molecule has 0 radical (unpaired) electrons. The van der Waals surface area contributed by atoms with Gasteiger partial charge in [-0.25, -0.2) is 0 Å². The first-order valence-electron chi connectivity index (χ1n) is 7.75. The van der Waals surface area contributed by atoms with Crippen molar-refractivity contribution in [3.05, 3.63) is 0 Å². The highest BCUT2D eigenvalue weighted by atomic mass is 16.3. The average Bonchev–Trinajstić information content (AvgIpc) is 2.45. The van der Waals surface area contributed by atoms with Crippen molar-refractivity contribution in [2.75, 3.05) is 26.2 Å². The van der Waals surface area contributed by atoms with Gasteiger partial charge >= 0.3 is 0 Å². The molecule has 1 aliphatic heterocycles. The molecule has 1 saturated heterocycles. The van der Waals surface area contributed by atoms with Gasteiger partial charge in [0, 0.05) is 18.5 Å². The number of aliphatic hydroxyl groups excluding tert-OH is 1. The van der Waals surface area contributed by atoms with Gasteiger partial charge in [-0.3, -0.25) is 4.79 Å². The summed E-state index contributed by atoms with van der Waals surface area (Å²) in [7, 11) is 0. The third-order valence-corrected chi connectivity index (χ3v) is 4.53. The molecule has 4 nitrogen and oxygen atoms in total. The number of carbonyl (C=O) groups excluding carboxylic acids is 1. The molecule has 0 aromatic heterocycles. The van der Waals surface area contributed by atoms with E-state index in [4.69, 9.17) is 0 Å². The predicted octanol–water partition coefficient (Wildman–Crippen LogP) is 1.78. The molecule has 4 heteroatoms. The van der Waals surface area contributed by atoms with Crippen molar-refractivity contribution in [2.24, 2.45) is 5.41 Å². The number of amides is 1. The maximum Gasteiger partial charge on any atom is 0.239 e. The monoisotopic (exact) mass is 270 g/mol. The molecule has 2 N–H and O–H groups in total. The molecule has 0 aromatic rings. The Bertz CT molecular complexity index is 269. The summed E-state index contributed by atoms with van der Waals surface area (Å²) in [6, 6.07) is -0.0150. The minimum absolute atomic E-state index is 0.0150. The largest absolute Gasteiger partial charge is 0.396 e. The van der Waals surface area contributed by atoms with Crippen LogP contribution in [0.4, 0.5) is 0 Å². The predicted molar refractivity (Wildman–Crippen MR) is 78.0 cm³/mol. The van der Waals surface area contributed by atoms with Crippen LogP contribution >= 0.6 is 0 Å². The van der Waals surface area contributed by atoms with Crippen molar-refractivity contribution >= 4 is 5.91 Å². The van der Waals surface area contributed by atoms with E-state index in [9.17, 15) is 9.90 Å². The van der Waals surface area contributed by atoms with Gasteiger partial charge in [0.15, 0.2) is 0 Å². The topological polar surface area (TPSA) is 52.6 Å². The Morgan fingerprint density at radius 1 is 1.37 bits per heavy atom. The summed E-state index contributed by atoms with van der Waals surface area (Å²) in [6.45, 7) is 8.91. The highest BCUT2D eigenvalue weighted by molar-refractivity contribution is 5.82. The third kappa shape index (κ3) is 4.18. The molecule has 1 rings (SSSR count). The Morgan fingerprint density at radius 3 is 2.58 bits per heavy atom. The van der Waals surface area contributed by atoms with Crippen molar-refractivity contribution in [1.29, 1.82) is 0 Å². The molecule has 112 valence electrons. The first-order valence-corrected chi connectivity index (χ1v) is 7.75. The third-order valence-electron chi connectivity index (χ3n) is 4.53. The molecule has 1 atom stereocenters. The molecule has 0 aromatic carbocycles. The smallest absolute Gasteiger partial charge is 0.239 e. The number of aliphatic hydroxyl groups is 1. The van der Waals surface area contributed by atoms with E-state index < -0.39 is 0 Å². The Balaban J connectivity index is 2.64. The average molecular weight is 270 g/mol. The van der Waals surface area contributed by atoms with Gasteiger partial charge in [0.1, 0.15) is 0 Å². The maximum absolute atomic E-state index is 12.4. The fourth-order valence-electron chi connectivity index (χ4n) is 2.76. The Morgan fingerprint density at radius 2 is 2.05 bits per heavy atom. The number of nitrogens with zero attached hydrogens (tertiary/aromatic N) is 1. The van der Waals surface area contributed by atoms with Crippen molar-refractivity contribution in [2.45, 2.75) is 58.9 Å². The number of piperidine rings is 1. The summed E-state index contributed by atoms with van der Waals surface area (Å²) in [5.41, 5.74) is -0.123. The van der Waals surface area contributed by atoms with Crippen molar-refractivity contribution in [3.8, 4) is 0 Å². The standard InChI is InChI=1S/C15H30N2O2/c1-4-9-16-13-8-7-10-17(14(13)19)11-15(5-2,6-3)12-18/h13,16,18H,4-12H2,1-3H3. The SMILES string of the molecule is CCCNC1CCCN(CC(CC)(CC)CO)C1=O. The van der Waals surface area contributed by atoms with Crippen molar-refractivity contribution in [1.82, 2.24) is 10.2 Å². The van der Waals surface area contributed by atoms with E-state index in [0.29, 0.717) is 6.54 Å². The lowest BCUT2D eigenvalue weighted by Crippen LogP contribution is -2.54. The van der Waals surface area contributed by atoms with E-state index in [2.05, 4.69) is 26.1 Å². The summed E-state index contributed by atoms with van der Waals surface area (Å²) < 4.78 is 0. The van der Waals surface area contributed by atoms with Gasteiger partial charge in [0.2, 0.25) is 5.91 Å². The lowest BCUT2D eigenvalue weighted by atomic mass is 9.82. The van der Waals surface area contributed by atoms with Gasteiger partial charge in [0.25, 0.3) is 0 Å². The number of hydrogen-bond donors (Lipinski definition) is 2. The summed E-state index contributed by atoms with van der Waals surface area (Å²) in [6.07, 6.45) is 4.88. The van der Waals surface area contributed by atoms with Crippen LogP contribution in [0.3, 0.4) is 0 Å². The molecule has 1 amide bonds. The first kappa shape index (κ1) is 16.4. The van der Waals surface area contributed by atoms with Gasteiger partial charge in [-0.2, -0.15) is 0 Å². The van der Waals surface area contributed by atoms with Gasteiger partial charge in [-0.1, -0.05) is 20.8 Å². The van der Waals surface area contributed by atoms with Crippen LogP contribution in [-0.4, -0.2) is 48.2 Å². The fraction of sp³-hybridized carbons (Fsp3) is 0.933. The summed E-state index contributed by atoms with van der Waals surface area (Å²) in [5, 5.41) is 13.0. The van der Waals surface area contributed by atoms with Crippen LogP contribution in [0.2, 0.25) is 0 Å². The number of nitrogens with one attached hydrogen (secondary N) is 1. The normalized spacial score (nSPS) is 20.9. The number of likely N-dealkylation sites (tertiary alicyclic amines) is 1. The molecule has 1 aliphatic rings. The van der Waals surface area contributed by atoms with E-state index in [1.165, 1.54) is 0 Å². The van der Waals surface area contributed by atoms with Gasteiger partial charge in [-0.15, -0.1) is 0 Å². The second-order valence-electron chi connectivity index (χ2n) is 5.77. The van der Waals surface area contributed by atoms with E-state index in [1.54, 1.807) is 0 Å². The van der Waals surface area contributed by atoms with E-state index in [0.717, 1.165) is 45.2 Å². The second kappa shape index (κ2) is 7.85. The van der Waals surface area contributed by atoms with Crippen molar-refractivity contribution < 1.29 is 9.90 Å². The molecule has 19 heavy (non-hydrogen) atoms. The van der Waals surface area contributed by atoms with Crippen LogP contribution in [0.15, 0.2) is 0 Å². The highest BCUT2D eigenvalue weighted by Crippen LogP contribution is 2.28. The Hall–Kier alpha value is -0.610. The quantitative estimate of drug-likeness (QED) is 0.707. The van der Waals surface area contributed by atoms with Crippen LogP contribution in [0.5, 0.6) is 0 Å². The molecule has 1 unspecified atom stereocenters. The molecular weight excluding hydrogens is 240 g/mol. The lowest BCUT2D eigenvalue weighted by Gasteiger charge is -2.40. The van der Waals surface area contributed by atoms with Crippen LogP contribution in [-0.2, 0) is 4.79 Å². The van der Waals surface area contributed by atoms with Crippen LogP contribution in [0.25, 0.3) is 0 Å². The first-order chi connectivity index (χ1) is 9.12. The van der Waals surface area contributed by atoms with E-state index >= 15 is 0 Å². The number of hydrogen-bond acceptors (Lipinski definition) is 3. The Labute approximate surface area is 117 Å². The number of rotatable bonds is 8. The lowest BCUT2D eigenvalue weighted by molar-refractivity contribution is -0.138. The molecule has 0 bridgehead atoms. The molecule has 1 heterocycles. The molecule has 0 saturated carbocycles. The zero-order valence-corrected chi connectivity index (χ0v) is 12.7. The van der Waals surface area contributed by atoms with E-state index in [-0.39, 0.29) is 24.0 Å². The molecular formula is C15H30N2O2. The zero-order chi connectivity index (χ0) is 14.3. The summed E-state index contributed by atoms with van der Waals surface area (Å²) in [4.78, 5) is 14.4. The van der Waals surface area contributed by atoms with Crippen molar-refractivity contribution in [3.63, 3.8) is 0 Å². The van der Waals surface area contributed by atoms with Gasteiger partial charge in [-0.05, 0) is 38.6 Å². The maximum atomic E-state index is 12.4. The fourth-order valence-corrected chi connectivity index (χ4v) is 2.76. The molecule has 0 spiro atoms. The summed E-state index contributed by atoms with van der Waals surface area (Å²) >= 11 is 0. The zero-order valence-electron chi connectivity index (χ0n) is 12.7. The molecule has 1 fully saturated rings. The van der Waals surface area contributed by atoms with Crippen LogP contribution < -0.4 is 5.32 Å². The van der Waals surface area contributed by atoms with E-state index in [1.807, 2.05) is 4.90 Å². The minimum atomic E-state index is -0.123. The number of carbonyl (C=O) groups is 1.